The summed E-state index contributed by atoms with van der Waals surface area (Å²) in [5.74, 6) is 0.0460. The highest BCUT2D eigenvalue weighted by Gasteiger charge is 2.40. The minimum Gasteiger partial charge on any atom is -0.495 e. The molecule has 0 spiro atoms. The summed E-state index contributed by atoms with van der Waals surface area (Å²) in [6, 6.07) is 10.8. The summed E-state index contributed by atoms with van der Waals surface area (Å²) in [6.07, 6.45) is 5.28. The summed E-state index contributed by atoms with van der Waals surface area (Å²) in [4.78, 5) is 19.2. The second-order valence-electron chi connectivity index (χ2n) is 8.91. The van der Waals surface area contributed by atoms with Crippen LogP contribution in [-0.4, -0.2) is 51.3 Å². The molecule has 1 atom stereocenters. The summed E-state index contributed by atoms with van der Waals surface area (Å²) >= 11 is 0. The Bertz CT molecular complexity index is 1220. The van der Waals surface area contributed by atoms with Gasteiger partial charge in [0.15, 0.2) is 5.76 Å². The number of aryl methyl sites for hydroxylation is 1. The van der Waals surface area contributed by atoms with Gasteiger partial charge in [0.05, 0.1) is 44.0 Å². The molecule has 1 aliphatic heterocycles. The van der Waals surface area contributed by atoms with Gasteiger partial charge in [0.1, 0.15) is 17.2 Å². The minimum absolute atomic E-state index is 0.157. The Kier molecular flexibility index (Phi) is 6.43. The molecular weight excluding hydrogens is 437 g/mol. The summed E-state index contributed by atoms with van der Waals surface area (Å²) < 4.78 is 26.9. The SMILES string of the molecule is COc1cc(/C=C2\OC(C)(C)CN([C@@H](CO)c3ccc(F)cc3)C2=O)ccc1-n1cnc(C)c1. The van der Waals surface area contributed by atoms with Crippen LogP contribution in [0.1, 0.15) is 36.7 Å². The van der Waals surface area contributed by atoms with Crippen molar-refractivity contribution in [1.29, 1.82) is 0 Å². The molecule has 0 bridgehead atoms. The number of aromatic nitrogens is 2. The second kappa shape index (κ2) is 9.30. The van der Waals surface area contributed by atoms with E-state index >= 15 is 0 Å². The number of nitrogens with zero attached hydrogens (tertiary/aromatic N) is 3. The van der Waals surface area contributed by atoms with E-state index in [0.29, 0.717) is 11.3 Å². The normalized spacial score (nSPS) is 17.5. The third-order valence-electron chi connectivity index (χ3n) is 5.70. The smallest absolute Gasteiger partial charge is 0.289 e. The van der Waals surface area contributed by atoms with Gasteiger partial charge in [-0.2, -0.15) is 0 Å². The number of hydrogen-bond donors (Lipinski definition) is 1. The summed E-state index contributed by atoms with van der Waals surface area (Å²) in [6.45, 7) is 5.64. The molecule has 1 N–H and O–H groups in total. The number of halogens is 1. The number of hydrogen-bond acceptors (Lipinski definition) is 5. The average molecular weight is 466 g/mol. The number of carbonyl (C=O) groups is 1. The van der Waals surface area contributed by atoms with Gasteiger partial charge in [-0.15, -0.1) is 0 Å². The average Bonchev–Trinajstić information content (AvgIpc) is 3.24. The van der Waals surface area contributed by atoms with Crippen molar-refractivity contribution in [1.82, 2.24) is 14.5 Å². The molecule has 2 heterocycles. The van der Waals surface area contributed by atoms with Gasteiger partial charge in [-0.1, -0.05) is 18.2 Å². The Morgan fingerprint density at radius 2 is 2.00 bits per heavy atom. The number of benzene rings is 2. The van der Waals surface area contributed by atoms with Crippen molar-refractivity contribution < 1.29 is 23.8 Å². The van der Waals surface area contributed by atoms with Gasteiger partial charge in [-0.25, -0.2) is 9.37 Å². The topological polar surface area (TPSA) is 76.8 Å². The molecular formula is C26H28FN3O4. The first-order valence-corrected chi connectivity index (χ1v) is 11.0. The van der Waals surface area contributed by atoms with Crippen LogP contribution in [0, 0.1) is 12.7 Å². The lowest BCUT2D eigenvalue weighted by Crippen LogP contribution is -2.52. The molecule has 1 aliphatic rings. The first-order valence-electron chi connectivity index (χ1n) is 11.0. The Balaban J connectivity index is 1.68. The van der Waals surface area contributed by atoms with Crippen molar-refractivity contribution in [2.75, 3.05) is 20.3 Å². The standard InChI is InChI=1S/C26H28FN3O4/c1-17-13-29(16-28-17)21-10-5-18(11-23(21)33-4)12-24-25(32)30(15-26(2,3)34-24)22(14-31)19-6-8-20(27)9-7-19/h5-13,16,22,31H,14-15H2,1-4H3/b24-12-/t22-/m0/s1. The summed E-state index contributed by atoms with van der Waals surface area (Å²) in [5, 5.41) is 10.1. The van der Waals surface area contributed by atoms with Crippen LogP contribution in [-0.2, 0) is 9.53 Å². The lowest BCUT2D eigenvalue weighted by Gasteiger charge is -2.43. The van der Waals surface area contributed by atoms with Crippen molar-refractivity contribution in [3.05, 3.63) is 83.4 Å². The van der Waals surface area contributed by atoms with E-state index in [4.69, 9.17) is 9.47 Å². The van der Waals surface area contributed by atoms with E-state index in [0.717, 1.165) is 16.9 Å². The van der Waals surface area contributed by atoms with Crippen LogP contribution in [0.2, 0.25) is 0 Å². The lowest BCUT2D eigenvalue weighted by atomic mass is 9.99. The van der Waals surface area contributed by atoms with Gasteiger partial charge in [0.2, 0.25) is 0 Å². The van der Waals surface area contributed by atoms with E-state index in [1.165, 1.54) is 12.1 Å². The highest BCUT2D eigenvalue weighted by Crippen LogP contribution is 2.33. The quantitative estimate of drug-likeness (QED) is 0.556. The van der Waals surface area contributed by atoms with Crippen molar-refractivity contribution in [2.24, 2.45) is 0 Å². The molecule has 0 unspecified atom stereocenters. The predicted molar refractivity (Wildman–Crippen MR) is 126 cm³/mol. The second-order valence-corrected chi connectivity index (χ2v) is 8.91. The number of aliphatic hydroxyl groups is 1. The maximum Gasteiger partial charge on any atom is 0.289 e. The zero-order valence-electron chi connectivity index (χ0n) is 19.7. The van der Waals surface area contributed by atoms with Gasteiger partial charge in [-0.05, 0) is 62.2 Å². The van der Waals surface area contributed by atoms with E-state index < -0.39 is 11.6 Å². The maximum absolute atomic E-state index is 13.4. The largest absolute Gasteiger partial charge is 0.495 e. The molecule has 0 radical (unpaired) electrons. The van der Waals surface area contributed by atoms with Crippen LogP contribution < -0.4 is 4.74 Å². The fraction of sp³-hybridized carbons (Fsp3) is 0.308. The monoisotopic (exact) mass is 465 g/mol. The molecule has 7 nitrogen and oxygen atoms in total. The van der Waals surface area contributed by atoms with E-state index in [-0.39, 0.29) is 30.6 Å². The van der Waals surface area contributed by atoms with Crippen molar-refractivity contribution in [3.8, 4) is 11.4 Å². The van der Waals surface area contributed by atoms with E-state index in [1.54, 1.807) is 36.5 Å². The molecule has 0 saturated carbocycles. The number of aliphatic hydroxyl groups excluding tert-OH is 1. The number of amides is 1. The third-order valence-corrected chi connectivity index (χ3v) is 5.70. The van der Waals surface area contributed by atoms with Gasteiger partial charge < -0.3 is 24.0 Å². The third kappa shape index (κ3) is 4.82. The number of morpholine rings is 1. The van der Waals surface area contributed by atoms with Crippen LogP contribution in [0.25, 0.3) is 11.8 Å². The van der Waals surface area contributed by atoms with Crippen molar-refractivity contribution in [2.45, 2.75) is 32.4 Å². The fourth-order valence-electron chi connectivity index (χ4n) is 4.11. The van der Waals surface area contributed by atoms with Crippen molar-refractivity contribution in [3.63, 3.8) is 0 Å². The summed E-state index contributed by atoms with van der Waals surface area (Å²) in [5.41, 5.74) is 2.39. The number of methoxy groups -OCH3 is 1. The van der Waals surface area contributed by atoms with Gasteiger partial charge in [0, 0.05) is 6.20 Å². The minimum atomic E-state index is -0.689. The van der Waals surface area contributed by atoms with E-state index in [9.17, 15) is 14.3 Å². The molecule has 1 amide bonds. The van der Waals surface area contributed by atoms with Gasteiger partial charge >= 0.3 is 0 Å². The van der Waals surface area contributed by atoms with Crippen LogP contribution in [0.5, 0.6) is 5.75 Å². The Labute approximate surface area is 198 Å². The zero-order valence-corrected chi connectivity index (χ0v) is 19.7. The molecule has 2 aromatic carbocycles. The highest BCUT2D eigenvalue weighted by atomic mass is 19.1. The highest BCUT2D eigenvalue weighted by molar-refractivity contribution is 5.97. The molecule has 34 heavy (non-hydrogen) atoms. The van der Waals surface area contributed by atoms with Crippen LogP contribution >= 0.6 is 0 Å². The molecule has 178 valence electrons. The maximum atomic E-state index is 13.4. The van der Waals surface area contributed by atoms with E-state index in [1.807, 2.05) is 49.7 Å². The molecule has 0 aliphatic carbocycles. The Hall–Kier alpha value is -3.65. The summed E-state index contributed by atoms with van der Waals surface area (Å²) in [7, 11) is 1.58. The van der Waals surface area contributed by atoms with Crippen LogP contribution in [0.3, 0.4) is 0 Å². The van der Waals surface area contributed by atoms with Crippen LogP contribution in [0.4, 0.5) is 4.39 Å². The number of rotatable bonds is 6. The van der Waals surface area contributed by atoms with E-state index in [2.05, 4.69) is 4.98 Å². The van der Waals surface area contributed by atoms with Gasteiger partial charge in [0.25, 0.3) is 5.91 Å². The predicted octanol–water partition coefficient (Wildman–Crippen LogP) is 4.04. The Morgan fingerprint density at radius 1 is 1.26 bits per heavy atom. The first-order chi connectivity index (χ1) is 16.2. The molecule has 3 aromatic rings. The van der Waals surface area contributed by atoms with Crippen LogP contribution in [0.15, 0.2) is 60.7 Å². The first kappa shape index (κ1) is 23.5. The molecule has 1 aromatic heterocycles. The fourth-order valence-corrected chi connectivity index (χ4v) is 4.11. The number of carbonyl (C=O) groups excluding carboxylic acids is 1. The Morgan fingerprint density at radius 3 is 2.62 bits per heavy atom. The zero-order chi connectivity index (χ0) is 24.5. The lowest BCUT2D eigenvalue weighted by molar-refractivity contribution is -0.151. The molecule has 1 saturated heterocycles. The molecule has 4 rings (SSSR count). The van der Waals surface area contributed by atoms with Crippen molar-refractivity contribution >= 4 is 12.0 Å². The molecule has 8 heteroatoms. The number of ether oxygens (including phenoxy) is 2. The number of imidazole rings is 1. The molecule has 1 fully saturated rings. The van der Waals surface area contributed by atoms with Gasteiger partial charge in [-0.3, -0.25) is 4.79 Å².